The van der Waals surface area contributed by atoms with Crippen LogP contribution in [0.15, 0.2) is 18.2 Å². The maximum atomic E-state index is 6.45. The Morgan fingerprint density at radius 3 is 1.45 bits per heavy atom. The summed E-state index contributed by atoms with van der Waals surface area (Å²) in [5.41, 5.74) is -0.614. The van der Waals surface area contributed by atoms with Gasteiger partial charge in [-0.2, -0.15) is 0 Å². The van der Waals surface area contributed by atoms with Gasteiger partial charge in [0.2, 0.25) is 0 Å². The minimum absolute atomic E-state index is 0.291. The van der Waals surface area contributed by atoms with Gasteiger partial charge < -0.3 is 22.8 Å². The standard InChI is InChI=1S/C25H46O5Si/c1-10-17-26-31(27-18-11-2,28-19-12-3)21-15-16-22(29-24(6,7)13-4)23(20-21)30-25(8,9)14-5/h15-16,20H,10-14,17-19H2,1-9H3. The van der Waals surface area contributed by atoms with Crippen molar-refractivity contribution in [1.29, 1.82) is 0 Å². The molecule has 0 fully saturated rings. The van der Waals surface area contributed by atoms with Gasteiger partial charge in [-0.3, -0.25) is 0 Å². The number of hydrogen-bond acceptors (Lipinski definition) is 5. The molecule has 0 aliphatic heterocycles. The molecule has 0 radical (unpaired) electrons. The molecule has 1 aromatic rings. The molecule has 0 N–H and O–H groups in total. The zero-order chi connectivity index (χ0) is 23.5. The molecule has 0 heterocycles. The topological polar surface area (TPSA) is 46.2 Å². The summed E-state index contributed by atoms with van der Waals surface area (Å²) in [5, 5.41) is 0.923. The van der Waals surface area contributed by atoms with Crippen molar-refractivity contribution in [2.45, 2.75) is 106 Å². The lowest BCUT2D eigenvalue weighted by Gasteiger charge is -2.33. The van der Waals surface area contributed by atoms with Crippen LogP contribution in [0.2, 0.25) is 0 Å². The van der Waals surface area contributed by atoms with E-state index >= 15 is 0 Å². The molecule has 0 unspecified atom stereocenters. The zero-order valence-corrected chi connectivity index (χ0v) is 22.4. The molecule has 31 heavy (non-hydrogen) atoms. The molecule has 0 amide bonds. The van der Waals surface area contributed by atoms with Crippen LogP contribution in [0.5, 0.6) is 11.5 Å². The average Bonchev–Trinajstić information content (AvgIpc) is 2.74. The molecule has 0 atom stereocenters. The van der Waals surface area contributed by atoms with Crippen molar-refractivity contribution in [3.05, 3.63) is 18.2 Å². The van der Waals surface area contributed by atoms with E-state index in [1.165, 1.54) is 0 Å². The number of rotatable bonds is 16. The molecule has 5 nitrogen and oxygen atoms in total. The van der Waals surface area contributed by atoms with E-state index in [1.54, 1.807) is 0 Å². The van der Waals surface area contributed by atoms with Gasteiger partial charge in [-0.25, -0.2) is 0 Å². The molecule has 0 aliphatic carbocycles. The summed E-state index contributed by atoms with van der Waals surface area (Å²) in [7, 11) is -3.08. The molecule has 1 aromatic carbocycles. The van der Waals surface area contributed by atoms with Crippen molar-refractivity contribution in [2.24, 2.45) is 0 Å². The molecular formula is C25H46O5Si. The summed E-state index contributed by atoms with van der Waals surface area (Å²) in [6.07, 6.45) is 4.47. The Morgan fingerprint density at radius 1 is 0.645 bits per heavy atom. The minimum Gasteiger partial charge on any atom is -0.484 e. The highest BCUT2D eigenvalue weighted by Gasteiger charge is 2.44. The largest absolute Gasteiger partial charge is 0.537 e. The molecular weight excluding hydrogens is 408 g/mol. The Labute approximate surface area is 192 Å². The molecule has 180 valence electrons. The maximum absolute atomic E-state index is 6.45. The van der Waals surface area contributed by atoms with E-state index in [9.17, 15) is 0 Å². The van der Waals surface area contributed by atoms with Crippen LogP contribution < -0.4 is 14.7 Å². The summed E-state index contributed by atoms with van der Waals surface area (Å²) in [6, 6.07) is 6.03. The van der Waals surface area contributed by atoms with E-state index in [0.717, 1.165) is 43.0 Å². The quantitative estimate of drug-likeness (QED) is 0.276. The van der Waals surface area contributed by atoms with Gasteiger partial charge in [0.05, 0.1) is 0 Å². The second kappa shape index (κ2) is 12.8. The molecule has 0 saturated carbocycles. The third-order valence-corrected chi connectivity index (χ3v) is 8.03. The second-order valence-corrected chi connectivity index (χ2v) is 11.7. The molecule has 0 aliphatic rings. The van der Waals surface area contributed by atoms with Crippen molar-refractivity contribution in [3.8, 4) is 11.5 Å². The van der Waals surface area contributed by atoms with Crippen molar-refractivity contribution in [1.82, 2.24) is 0 Å². The zero-order valence-electron chi connectivity index (χ0n) is 21.4. The first kappa shape index (κ1) is 28.0. The molecule has 0 aromatic heterocycles. The van der Waals surface area contributed by atoms with Crippen LogP contribution in [0.3, 0.4) is 0 Å². The molecule has 0 bridgehead atoms. The first-order valence-electron chi connectivity index (χ1n) is 12.0. The van der Waals surface area contributed by atoms with Crippen LogP contribution >= 0.6 is 0 Å². The molecule has 1 rings (SSSR count). The van der Waals surface area contributed by atoms with Gasteiger partial charge in [-0.05, 0) is 71.9 Å². The van der Waals surface area contributed by atoms with E-state index in [4.69, 9.17) is 22.8 Å². The van der Waals surface area contributed by atoms with Gasteiger partial charge in [0.25, 0.3) is 0 Å². The van der Waals surface area contributed by atoms with Gasteiger partial charge in [-0.1, -0.05) is 40.7 Å². The second-order valence-electron chi connectivity index (χ2n) is 9.19. The van der Waals surface area contributed by atoms with Gasteiger partial charge in [0.15, 0.2) is 11.5 Å². The average molecular weight is 455 g/mol. The van der Waals surface area contributed by atoms with Gasteiger partial charge >= 0.3 is 8.80 Å². The highest BCUT2D eigenvalue weighted by molar-refractivity contribution is 6.75. The number of benzene rings is 1. The van der Waals surface area contributed by atoms with Crippen LogP contribution in [-0.4, -0.2) is 39.8 Å². The highest BCUT2D eigenvalue weighted by Crippen LogP contribution is 2.34. The Hall–Kier alpha value is -1.08. The van der Waals surface area contributed by atoms with Gasteiger partial charge in [0, 0.05) is 25.0 Å². The first-order valence-corrected chi connectivity index (χ1v) is 13.8. The summed E-state index contributed by atoms with van der Waals surface area (Å²) in [6.45, 7) is 20.7. The Morgan fingerprint density at radius 2 is 1.06 bits per heavy atom. The van der Waals surface area contributed by atoms with E-state index in [0.29, 0.717) is 25.6 Å². The summed E-state index contributed by atoms with van der Waals surface area (Å²) in [5.74, 6) is 1.45. The fraction of sp³-hybridized carbons (Fsp3) is 0.760. The summed E-state index contributed by atoms with van der Waals surface area (Å²) in [4.78, 5) is 0. The van der Waals surface area contributed by atoms with Gasteiger partial charge in [-0.15, -0.1) is 0 Å². The third-order valence-electron chi connectivity index (χ3n) is 5.26. The van der Waals surface area contributed by atoms with Crippen molar-refractivity contribution in [3.63, 3.8) is 0 Å². The summed E-state index contributed by atoms with van der Waals surface area (Å²) >= 11 is 0. The van der Waals surface area contributed by atoms with Crippen LogP contribution in [-0.2, 0) is 13.3 Å². The molecule has 0 spiro atoms. The highest BCUT2D eigenvalue weighted by atomic mass is 28.4. The molecule has 6 heteroatoms. The lowest BCUT2D eigenvalue weighted by Crippen LogP contribution is -2.57. The van der Waals surface area contributed by atoms with E-state index in [-0.39, 0.29) is 11.2 Å². The van der Waals surface area contributed by atoms with Crippen molar-refractivity contribution in [2.75, 3.05) is 19.8 Å². The molecule has 0 saturated heterocycles. The van der Waals surface area contributed by atoms with Crippen LogP contribution in [0.25, 0.3) is 0 Å². The number of hydrogen-bond donors (Lipinski definition) is 0. The lowest BCUT2D eigenvalue weighted by atomic mass is 10.1. The Bertz CT molecular complexity index is 623. The Balaban J connectivity index is 3.52. The maximum Gasteiger partial charge on any atom is 0.537 e. The van der Waals surface area contributed by atoms with Crippen molar-refractivity contribution >= 4 is 14.0 Å². The minimum atomic E-state index is -3.08. The SMILES string of the molecule is CCCO[Si](OCCC)(OCCC)c1ccc(OC(C)(C)CC)c(OC(C)(C)CC)c1. The summed E-state index contributed by atoms with van der Waals surface area (Å²) < 4.78 is 31.8. The van der Waals surface area contributed by atoms with Crippen molar-refractivity contribution < 1.29 is 22.8 Å². The van der Waals surface area contributed by atoms with E-state index < -0.39 is 8.80 Å². The van der Waals surface area contributed by atoms with Gasteiger partial charge in [0.1, 0.15) is 11.2 Å². The normalized spacial score (nSPS) is 12.8. The van der Waals surface area contributed by atoms with E-state index in [2.05, 4.69) is 62.3 Å². The third kappa shape index (κ3) is 8.76. The van der Waals surface area contributed by atoms with E-state index in [1.807, 2.05) is 18.2 Å². The van der Waals surface area contributed by atoms with Crippen LogP contribution in [0, 0.1) is 0 Å². The first-order chi connectivity index (χ1) is 14.6. The van der Waals surface area contributed by atoms with Crippen LogP contribution in [0.1, 0.15) is 94.4 Å². The monoisotopic (exact) mass is 454 g/mol. The fourth-order valence-corrected chi connectivity index (χ4v) is 5.45. The Kier molecular flexibility index (Phi) is 11.6. The fourth-order valence-electron chi connectivity index (χ4n) is 2.69. The number of ether oxygens (including phenoxy) is 2. The predicted octanol–water partition coefficient (Wildman–Crippen LogP) is 6.25. The smallest absolute Gasteiger partial charge is 0.484 e. The lowest BCUT2D eigenvalue weighted by molar-refractivity contribution is 0.0695. The van der Waals surface area contributed by atoms with Crippen LogP contribution in [0.4, 0.5) is 0 Å². The predicted molar refractivity (Wildman–Crippen MR) is 131 cm³/mol.